The topological polar surface area (TPSA) is 78.4 Å². The van der Waals surface area contributed by atoms with Gasteiger partial charge in [0.05, 0.1) is 14.2 Å². The average molecular weight is 435 g/mol. The Bertz CT molecular complexity index is 1110. The van der Waals surface area contributed by atoms with Gasteiger partial charge in [-0.05, 0) is 35.9 Å². The molecule has 7 nitrogen and oxygen atoms in total. The molecule has 2 aliphatic heterocycles. The number of ether oxygens (including phenoxy) is 5. The number of rotatable bonds is 5. The summed E-state index contributed by atoms with van der Waals surface area (Å²) in [5.74, 6) is 2.69. The molecule has 0 unspecified atom stereocenters. The summed E-state index contributed by atoms with van der Waals surface area (Å²) in [6.45, 7) is 2.32. The standard InChI is InChI=1S/C25H25NO6/c1-14-23(15-9-21(28-2)24(27)22(10-15)29-3)17-11-19-20(31-13-30-19)12-18(17)32-25(14)26-16-7-5-4-6-8-16/h4-12,14,23,25-27H,13H2,1-3H3/t14-,23+,25-/m0/s1. The summed E-state index contributed by atoms with van der Waals surface area (Å²) in [6.07, 6.45) is -0.305. The third-order valence-corrected chi connectivity index (χ3v) is 6.04. The lowest BCUT2D eigenvalue weighted by molar-refractivity contribution is 0.134. The second-order valence-electron chi connectivity index (χ2n) is 7.90. The molecule has 0 radical (unpaired) electrons. The molecule has 7 heteroatoms. The Morgan fingerprint density at radius 3 is 2.22 bits per heavy atom. The van der Waals surface area contributed by atoms with Gasteiger partial charge in [-0.25, -0.2) is 0 Å². The third-order valence-electron chi connectivity index (χ3n) is 6.04. The smallest absolute Gasteiger partial charge is 0.231 e. The lowest BCUT2D eigenvalue weighted by Gasteiger charge is -2.39. The Balaban J connectivity index is 1.63. The quantitative estimate of drug-likeness (QED) is 0.599. The Labute approximate surface area is 186 Å². The van der Waals surface area contributed by atoms with E-state index in [0.29, 0.717) is 23.0 Å². The van der Waals surface area contributed by atoms with Crippen molar-refractivity contribution in [2.45, 2.75) is 19.1 Å². The minimum Gasteiger partial charge on any atom is -0.502 e. The predicted octanol–water partition coefficient (Wildman–Crippen LogP) is 4.74. The van der Waals surface area contributed by atoms with Crippen LogP contribution in [0.3, 0.4) is 0 Å². The van der Waals surface area contributed by atoms with Crippen LogP contribution in [0.25, 0.3) is 0 Å². The fourth-order valence-corrected chi connectivity index (χ4v) is 4.42. The van der Waals surface area contributed by atoms with Gasteiger partial charge in [0.15, 0.2) is 29.2 Å². The molecule has 166 valence electrons. The second kappa shape index (κ2) is 8.07. The zero-order valence-electron chi connectivity index (χ0n) is 18.1. The molecule has 2 aliphatic rings. The zero-order valence-corrected chi connectivity index (χ0v) is 18.1. The highest BCUT2D eigenvalue weighted by molar-refractivity contribution is 5.60. The van der Waals surface area contributed by atoms with Crippen molar-refractivity contribution < 1.29 is 28.8 Å². The molecule has 3 atom stereocenters. The SMILES string of the molecule is COc1cc([C@@H]2c3cc4c(cc3O[C@H](Nc3ccccc3)[C@H]2C)OCO4)cc(OC)c1O. The maximum atomic E-state index is 10.4. The number of aromatic hydroxyl groups is 1. The van der Waals surface area contributed by atoms with Crippen molar-refractivity contribution in [3.05, 3.63) is 65.7 Å². The number of anilines is 1. The molecule has 2 N–H and O–H groups in total. The van der Waals surface area contributed by atoms with Crippen molar-refractivity contribution in [2.75, 3.05) is 26.3 Å². The van der Waals surface area contributed by atoms with Crippen LogP contribution in [0.1, 0.15) is 24.0 Å². The molecule has 0 spiro atoms. The fourth-order valence-electron chi connectivity index (χ4n) is 4.42. The van der Waals surface area contributed by atoms with Crippen molar-refractivity contribution in [1.82, 2.24) is 0 Å². The molecule has 0 amide bonds. The number of fused-ring (bicyclic) bond motifs is 2. The average Bonchev–Trinajstić information content (AvgIpc) is 3.27. The lowest BCUT2D eigenvalue weighted by Crippen LogP contribution is -2.40. The van der Waals surface area contributed by atoms with Crippen molar-refractivity contribution in [2.24, 2.45) is 5.92 Å². The predicted molar refractivity (Wildman–Crippen MR) is 119 cm³/mol. The van der Waals surface area contributed by atoms with E-state index < -0.39 is 0 Å². The number of nitrogens with one attached hydrogen (secondary N) is 1. The first-order chi connectivity index (χ1) is 15.6. The molecule has 0 fully saturated rings. The lowest BCUT2D eigenvalue weighted by atomic mass is 9.78. The first kappa shape index (κ1) is 20.2. The molecule has 0 aliphatic carbocycles. The van der Waals surface area contributed by atoms with Crippen LogP contribution in [0.15, 0.2) is 54.6 Å². The molecule has 5 rings (SSSR count). The number of phenols is 1. The van der Waals surface area contributed by atoms with E-state index in [-0.39, 0.29) is 30.6 Å². The fraction of sp³-hybridized carbons (Fsp3) is 0.280. The van der Waals surface area contributed by atoms with Crippen LogP contribution in [-0.2, 0) is 0 Å². The molecular formula is C25H25NO6. The molecule has 2 heterocycles. The summed E-state index contributed by atoms with van der Waals surface area (Å²) >= 11 is 0. The van der Waals surface area contributed by atoms with Crippen molar-refractivity contribution >= 4 is 5.69 Å². The molecule has 3 aromatic carbocycles. The van der Waals surface area contributed by atoms with E-state index in [1.165, 1.54) is 14.2 Å². The van der Waals surface area contributed by atoms with Gasteiger partial charge in [0.2, 0.25) is 12.5 Å². The maximum Gasteiger partial charge on any atom is 0.231 e. The van der Waals surface area contributed by atoms with E-state index in [0.717, 1.165) is 22.6 Å². The molecule has 3 aromatic rings. The van der Waals surface area contributed by atoms with Gasteiger partial charge in [-0.15, -0.1) is 0 Å². The minimum absolute atomic E-state index is 0.0158. The van der Waals surface area contributed by atoms with E-state index >= 15 is 0 Å². The maximum absolute atomic E-state index is 10.4. The van der Waals surface area contributed by atoms with Gasteiger partial charge in [0.25, 0.3) is 0 Å². The normalized spacial score (nSPS) is 20.8. The molecule has 0 saturated heterocycles. The van der Waals surface area contributed by atoms with E-state index in [1.807, 2.05) is 54.6 Å². The molecular weight excluding hydrogens is 410 g/mol. The number of benzene rings is 3. The van der Waals surface area contributed by atoms with Crippen LogP contribution >= 0.6 is 0 Å². The van der Waals surface area contributed by atoms with E-state index in [4.69, 9.17) is 23.7 Å². The molecule has 0 bridgehead atoms. The summed E-state index contributed by atoms with van der Waals surface area (Å²) in [4.78, 5) is 0. The minimum atomic E-state index is -0.305. The highest BCUT2D eigenvalue weighted by Gasteiger charge is 2.39. The third kappa shape index (κ3) is 3.39. The van der Waals surface area contributed by atoms with E-state index in [9.17, 15) is 5.11 Å². The van der Waals surface area contributed by atoms with Crippen molar-refractivity contribution in [1.29, 1.82) is 0 Å². The van der Waals surface area contributed by atoms with Gasteiger partial charge < -0.3 is 34.1 Å². The van der Waals surface area contributed by atoms with E-state index in [1.54, 1.807) is 0 Å². The van der Waals surface area contributed by atoms with Crippen LogP contribution in [0, 0.1) is 5.92 Å². The van der Waals surface area contributed by atoms with Crippen LogP contribution in [0.4, 0.5) is 5.69 Å². The van der Waals surface area contributed by atoms with Crippen molar-refractivity contribution in [3.63, 3.8) is 0 Å². The molecule has 0 aromatic heterocycles. The Morgan fingerprint density at radius 2 is 1.56 bits per heavy atom. The van der Waals surface area contributed by atoms with Gasteiger partial charge in [-0.1, -0.05) is 25.1 Å². The Hall–Kier alpha value is -3.74. The van der Waals surface area contributed by atoms with Gasteiger partial charge in [0, 0.05) is 29.2 Å². The zero-order chi connectivity index (χ0) is 22.2. The summed E-state index contributed by atoms with van der Waals surface area (Å²) in [7, 11) is 3.05. The van der Waals surface area contributed by atoms with Gasteiger partial charge in [-0.2, -0.15) is 0 Å². The van der Waals surface area contributed by atoms with Gasteiger partial charge in [0.1, 0.15) is 5.75 Å². The van der Waals surface area contributed by atoms with Gasteiger partial charge >= 0.3 is 0 Å². The largest absolute Gasteiger partial charge is 0.502 e. The first-order valence-electron chi connectivity index (χ1n) is 10.5. The van der Waals surface area contributed by atoms with Crippen LogP contribution in [0.5, 0.6) is 34.5 Å². The monoisotopic (exact) mass is 435 g/mol. The highest BCUT2D eigenvalue weighted by atomic mass is 16.7. The second-order valence-corrected chi connectivity index (χ2v) is 7.90. The van der Waals surface area contributed by atoms with E-state index in [2.05, 4.69) is 12.2 Å². The summed E-state index contributed by atoms with van der Waals surface area (Å²) in [5.41, 5.74) is 2.88. The first-order valence-corrected chi connectivity index (χ1v) is 10.5. The van der Waals surface area contributed by atoms with Crippen molar-refractivity contribution in [3.8, 4) is 34.5 Å². The van der Waals surface area contributed by atoms with Crippen LogP contribution in [0.2, 0.25) is 0 Å². The van der Waals surface area contributed by atoms with Crippen LogP contribution in [-0.4, -0.2) is 32.3 Å². The Morgan fingerprint density at radius 1 is 0.906 bits per heavy atom. The number of para-hydroxylation sites is 1. The summed E-state index contributed by atoms with van der Waals surface area (Å²) in [5, 5.41) is 13.9. The van der Waals surface area contributed by atoms with Crippen LogP contribution < -0.4 is 29.0 Å². The molecule has 32 heavy (non-hydrogen) atoms. The van der Waals surface area contributed by atoms with Gasteiger partial charge in [-0.3, -0.25) is 0 Å². The Kier molecular flexibility index (Phi) is 5.09. The summed E-state index contributed by atoms with van der Waals surface area (Å²) in [6, 6.07) is 17.5. The number of hydrogen-bond acceptors (Lipinski definition) is 7. The molecule has 0 saturated carbocycles. The number of methoxy groups -OCH3 is 2. The number of hydrogen-bond donors (Lipinski definition) is 2. The number of phenolic OH excluding ortho intramolecular Hbond substituents is 1. The summed E-state index contributed by atoms with van der Waals surface area (Å²) < 4.78 is 28.4. The highest BCUT2D eigenvalue weighted by Crippen LogP contribution is 2.51.